The zero-order chi connectivity index (χ0) is 15.2. The number of hydrogen-bond donors (Lipinski definition) is 1. The lowest BCUT2D eigenvalue weighted by Gasteiger charge is -2.33. The number of hydrogen-bond acceptors (Lipinski definition) is 2. The van der Waals surface area contributed by atoms with Gasteiger partial charge in [0.25, 0.3) is 0 Å². The van der Waals surface area contributed by atoms with Gasteiger partial charge < -0.3 is 10.2 Å². The fourth-order valence-corrected chi connectivity index (χ4v) is 2.84. The number of halogens is 3. The van der Waals surface area contributed by atoms with Crippen molar-refractivity contribution < 1.29 is 13.2 Å². The third kappa shape index (κ3) is 4.71. The minimum absolute atomic E-state index is 0.351. The van der Waals surface area contributed by atoms with E-state index in [9.17, 15) is 13.2 Å². The molecule has 1 fully saturated rings. The van der Waals surface area contributed by atoms with E-state index in [1.807, 2.05) is 0 Å². The molecular weight excluding hydrogens is 277 g/mol. The highest BCUT2D eigenvalue weighted by atomic mass is 19.2. The Balaban J connectivity index is 1.68. The van der Waals surface area contributed by atoms with Crippen molar-refractivity contribution in [1.82, 2.24) is 10.2 Å². The summed E-state index contributed by atoms with van der Waals surface area (Å²) in [6.07, 6.45) is 4.85. The van der Waals surface area contributed by atoms with Crippen molar-refractivity contribution in [3.05, 3.63) is 35.1 Å². The van der Waals surface area contributed by atoms with E-state index in [4.69, 9.17) is 0 Å². The second kappa shape index (κ2) is 7.80. The van der Waals surface area contributed by atoms with Gasteiger partial charge in [-0.05, 0) is 63.5 Å². The molecule has 1 N–H and O–H groups in total. The van der Waals surface area contributed by atoms with E-state index in [1.165, 1.54) is 19.3 Å². The summed E-state index contributed by atoms with van der Waals surface area (Å²) < 4.78 is 38.9. The van der Waals surface area contributed by atoms with Gasteiger partial charge in [-0.3, -0.25) is 0 Å². The van der Waals surface area contributed by atoms with Crippen molar-refractivity contribution in [2.75, 3.05) is 19.6 Å². The van der Waals surface area contributed by atoms with E-state index in [1.54, 1.807) is 0 Å². The highest BCUT2D eigenvalue weighted by Crippen LogP contribution is 2.16. The Morgan fingerprint density at radius 2 is 1.90 bits per heavy atom. The van der Waals surface area contributed by atoms with Crippen molar-refractivity contribution in [3.8, 4) is 0 Å². The van der Waals surface area contributed by atoms with Crippen LogP contribution in [0, 0.1) is 17.5 Å². The molecule has 0 saturated carbocycles. The monoisotopic (exact) mass is 300 g/mol. The fourth-order valence-electron chi connectivity index (χ4n) is 2.84. The van der Waals surface area contributed by atoms with Crippen molar-refractivity contribution >= 4 is 0 Å². The highest BCUT2D eigenvalue weighted by molar-refractivity contribution is 5.19. The van der Waals surface area contributed by atoms with Crippen LogP contribution in [0.2, 0.25) is 0 Å². The van der Waals surface area contributed by atoms with Crippen LogP contribution >= 0.6 is 0 Å². The first-order chi connectivity index (χ1) is 10.1. The zero-order valence-corrected chi connectivity index (χ0v) is 12.5. The molecule has 1 heterocycles. The van der Waals surface area contributed by atoms with Gasteiger partial charge in [0.05, 0.1) is 0 Å². The molecule has 0 spiro atoms. The number of rotatable bonds is 6. The van der Waals surface area contributed by atoms with Crippen LogP contribution in [0.25, 0.3) is 0 Å². The topological polar surface area (TPSA) is 15.3 Å². The molecule has 0 bridgehead atoms. The van der Waals surface area contributed by atoms with Crippen molar-refractivity contribution in [2.24, 2.45) is 0 Å². The molecule has 0 amide bonds. The second-order valence-electron chi connectivity index (χ2n) is 5.78. The maximum absolute atomic E-state index is 13.1. The predicted molar refractivity (Wildman–Crippen MR) is 77.5 cm³/mol. The van der Waals surface area contributed by atoms with Gasteiger partial charge in [0.15, 0.2) is 17.5 Å². The maximum atomic E-state index is 13.1. The van der Waals surface area contributed by atoms with Gasteiger partial charge in [0, 0.05) is 12.6 Å². The average Bonchev–Trinajstić information content (AvgIpc) is 2.46. The molecule has 118 valence electrons. The molecule has 2 nitrogen and oxygen atoms in total. The summed E-state index contributed by atoms with van der Waals surface area (Å²) in [6, 6.07) is 2.73. The SMILES string of the molecule is CC1CCCCN1CCCNCc1cc(F)c(F)c(F)c1. The zero-order valence-electron chi connectivity index (χ0n) is 12.5. The Morgan fingerprint density at radius 1 is 1.19 bits per heavy atom. The van der Waals surface area contributed by atoms with Crippen LogP contribution < -0.4 is 5.32 Å². The molecule has 2 rings (SSSR count). The van der Waals surface area contributed by atoms with Crippen LogP contribution in [0.5, 0.6) is 0 Å². The molecule has 1 unspecified atom stereocenters. The number of piperidine rings is 1. The van der Waals surface area contributed by atoms with Gasteiger partial charge in [-0.2, -0.15) is 0 Å². The Morgan fingerprint density at radius 3 is 2.57 bits per heavy atom. The maximum Gasteiger partial charge on any atom is 0.194 e. The third-order valence-corrected chi connectivity index (χ3v) is 4.11. The van der Waals surface area contributed by atoms with Gasteiger partial charge >= 0.3 is 0 Å². The van der Waals surface area contributed by atoms with E-state index in [0.717, 1.165) is 38.2 Å². The van der Waals surface area contributed by atoms with E-state index in [0.29, 0.717) is 18.2 Å². The van der Waals surface area contributed by atoms with Crippen molar-refractivity contribution in [3.63, 3.8) is 0 Å². The lowest BCUT2D eigenvalue weighted by atomic mass is 10.0. The second-order valence-corrected chi connectivity index (χ2v) is 5.78. The summed E-state index contributed by atoms with van der Waals surface area (Å²) in [7, 11) is 0. The van der Waals surface area contributed by atoms with Crippen LogP contribution in [0.1, 0.15) is 38.2 Å². The van der Waals surface area contributed by atoms with Gasteiger partial charge in [0.2, 0.25) is 0 Å². The summed E-state index contributed by atoms with van der Waals surface area (Å²) in [5.74, 6) is -3.67. The van der Waals surface area contributed by atoms with Gasteiger partial charge in [0.1, 0.15) is 0 Å². The Kier molecular flexibility index (Phi) is 6.06. The first-order valence-electron chi connectivity index (χ1n) is 7.66. The quantitative estimate of drug-likeness (QED) is 0.639. The van der Waals surface area contributed by atoms with E-state index in [-0.39, 0.29) is 0 Å². The predicted octanol–water partition coefficient (Wildman–Crippen LogP) is 3.46. The Hall–Kier alpha value is -1.07. The van der Waals surface area contributed by atoms with Gasteiger partial charge in [-0.15, -0.1) is 0 Å². The molecule has 1 aromatic rings. The number of nitrogens with zero attached hydrogens (tertiary/aromatic N) is 1. The Bertz CT molecular complexity index is 442. The van der Waals surface area contributed by atoms with E-state index < -0.39 is 17.5 Å². The summed E-state index contributed by atoms with van der Waals surface area (Å²) in [6.45, 7) is 5.60. The summed E-state index contributed by atoms with van der Waals surface area (Å²) in [4.78, 5) is 2.49. The minimum atomic E-state index is -1.40. The van der Waals surface area contributed by atoms with E-state index in [2.05, 4.69) is 17.1 Å². The van der Waals surface area contributed by atoms with E-state index >= 15 is 0 Å². The van der Waals surface area contributed by atoms with Gasteiger partial charge in [-0.25, -0.2) is 13.2 Å². The minimum Gasteiger partial charge on any atom is -0.313 e. The van der Waals surface area contributed by atoms with Crippen LogP contribution in [0.4, 0.5) is 13.2 Å². The summed E-state index contributed by atoms with van der Waals surface area (Å²) in [5, 5.41) is 3.15. The molecule has 1 aliphatic heterocycles. The first-order valence-corrected chi connectivity index (χ1v) is 7.66. The number of benzene rings is 1. The number of nitrogens with one attached hydrogen (secondary N) is 1. The molecule has 0 aromatic heterocycles. The molecule has 1 aromatic carbocycles. The van der Waals surface area contributed by atoms with Crippen molar-refractivity contribution in [1.29, 1.82) is 0 Å². The molecule has 1 aliphatic rings. The summed E-state index contributed by atoms with van der Waals surface area (Å²) >= 11 is 0. The van der Waals surface area contributed by atoms with Crippen LogP contribution in [-0.4, -0.2) is 30.6 Å². The lowest BCUT2D eigenvalue weighted by Crippen LogP contribution is -2.38. The average molecular weight is 300 g/mol. The molecule has 0 aliphatic carbocycles. The molecule has 1 atom stereocenters. The molecule has 5 heteroatoms. The standard InChI is InChI=1S/C16H23F3N2/c1-12-5-2-3-7-21(12)8-4-6-20-11-13-9-14(17)16(19)15(18)10-13/h9-10,12,20H,2-8,11H2,1H3. The molecular formula is C16H23F3N2. The van der Waals surface area contributed by atoms with Crippen LogP contribution in [0.3, 0.4) is 0 Å². The molecule has 1 saturated heterocycles. The normalized spacial score (nSPS) is 19.9. The van der Waals surface area contributed by atoms with Gasteiger partial charge in [-0.1, -0.05) is 6.42 Å². The highest BCUT2D eigenvalue weighted by Gasteiger charge is 2.17. The largest absolute Gasteiger partial charge is 0.313 e. The number of likely N-dealkylation sites (tertiary alicyclic amines) is 1. The molecule has 21 heavy (non-hydrogen) atoms. The summed E-state index contributed by atoms with van der Waals surface area (Å²) in [5.41, 5.74) is 0.428. The first kappa shape index (κ1) is 16.3. The lowest BCUT2D eigenvalue weighted by molar-refractivity contribution is 0.159. The fraction of sp³-hybridized carbons (Fsp3) is 0.625. The van der Waals surface area contributed by atoms with Crippen LogP contribution in [-0.2, 0) is 6.54 Å². The third-order valence-electron chi connectivity index (χ3n) is 4.11. The smallest absolute Gasteiger partial charge is 0.194 e. The molecule has 0 radical (unpaired) electrons. The Labute approximate surface area is 124 Å². The van der Waals surface area contributed by atoms with Crippen molar-refractivity contribution in [2.45, 2.75) is 45.2 Å². The van der Waals surface area contributed by atoms with Crippen LogP contribution in [0.15, 0.2) is 12.1 Å².